The maximum absolute atomic E-state index is 11.1. The van der Waals surface area contributed by atoms with E-state index in [4.69, 9.17) is 0 Å². The number of hydrogen-bond donors (Lipinski definition) is 0. The summed E-state index contributed by atoms with van der Waals surface area (Å²) in [6.07, 6.45) is 3.24. The fourth-order valence-corrected chi connectivity index (χ4v) is 1.96. The summed E-state index contributed by atoms with van der Waals surface area (Å²) in [7, 11) is 3.44. The number of fused-ring (bicyclic) bond motifs is 1. The summed E-state index contributed by atoms with van der Waals surface area (Å²) in [5.41, 5.74) is 2.39. The van der Waals surface area contributed by atoms with E-state index in [1.807, 2.05) is 19.2 Å². The summed E-state index contributed by atoms with van der Waals surface area (Å²) >= 11 is 0. The lowest BCUT2D eigenvalue weighted by molar-refractivity contribution is -0.140. The van der Waals surface area contributed by atoms with E-state index in [-0.39, 0.29) is 5.97 Å². The Bertz CT molecular complexity index is 514. The smallest absolute Gasteiger partial charge is 0.305 e. The highest BCUT2D eigenvalue weighted by Crippen LogP contribution is 2.21. The summed E-state index contributed by atoms with van der Waals surface area (Å²) in [5, 5.41) is 1.22. The number of aromatic nitrogens is 1. The topological polar surface area (TPSA) is 31.2 Å². The molecule has 1 aromatic heterocycles. The van der Waals surface area contributed by atoms with Gasteiger partial charge in [-0.2, -0.15) is 0 Å². The highest BCUT2D eigenvalue weighted by molar-refractivity contribution is 5.84. The van der Waals surface area contributed by atoms with E-state index in [1.165, 1.54) is 23.6 Å². The number of esters is 1. The standard InChI is InChI=1S/C13H15NO2/c1-14-9-10(7-8-13(15)16-2)11-5-3-4-6-12(11)14/h3-6,9H,7-8H2,1-2H3. The normalized spacial score (nSPS) is 10.6. The van der Waals surface area contributed by atoms with Crippen molar-refractivity contribution in [3.05, 3.63) is 36.0 Å². The number of benzene rings is 1. The van der Waals surface area contributed by atoms with Gasteiger partial charge in [0.1, 0.15) is 0 Å². The second kappa shape index (κ2) is 4.39. The molecule has 0 saturated heterocycles. The molecule has 2 aromatic rings. The molecular formula is C13H15NO2. The summed E-state index contributed by atoms with van der Waals surface area (Å²) < 4.78 is 6.73. The van der Waals surface area contributed by atoms with Crippen molar-refractivity contribution in [3.63, 3.8) is 0 Å². The Morgan fingerprint density at radius 3 is 2.88 bits per heavy atom. The molecule has 0 fully saturated rings. The number of rotatable bonds is 3. The van der Waals surface area contributed by atoms with Gasteiger partial charge in [-0.25, -0.2) is 0 Å². The Morgan fingerprint density at radius 1 is 1.38 bits per heavy atom. The quantitative estimate of drug-likeness (QED) is 0.738. The number of hydrogen-bond acceptors (Lipinski definition) is 2. The van der Waals surface area contributed by atoms with Crippen molar-refractivity contribution in [2.24, 2.45) is 7.05 Å². The van der Waals surface area contributed by atoms with E-state index < -0.39 is 0 Å². The molecule has 0 unspecified atom stereocenters. The van der Waals surface area contributed by atoms with Gasteiger partial charge < -0.3 is 9.30 Å². The van der Waals surface area contributed by atoms with Crippen LogP contribution in [0.4, 0.5) is 0 Å². The van der Waals surface area contributed by atoms with Crippen LogP contribution in [0.5, 0.6) is 0 Å². The molecule has 0 aliphatic carbocycles. The van der Waals surface area contributed by atoms with Gasteiger partial charge in [0, 0.05) is 30.6 Å². The minimum atomic E-state index is -0.159. The Hall–Kier alpha value is -1.77. The molecule has 1 aromatic carbocycles. The van der Waals surface area contributed by atoms with E-state index in [0.717, 1.165) is 6.42 Å². The third-order valence-corrected chi connectivity index (χ3v) is 2.81. The number of nitrogens with zero attached hydrogens (tertiary/aromatic N) is 1. The molecule has 0 radical (unpaired) electrons. The van der Waals surface area contributed by atoms with Crippen LogP contribution >= 0.6 is 0 Å². The highest BCUT2D eigenvalue weighted by Gasteiger charge is 2.07. The van der Waals surface area contributed by atoms with Crippen LogP contribution in [0, 0.1) is 0 Å². The Labute approximate surface area is 94.6 Å². The van der Waals surface area contributed by atoms with Crippen LogP contribution < -0.4 is 0 Å². The first-order valence-electron chi connectivity index (χ1n) is 5.32. The van der Waals surface area contributed by atoms with E-state index in [9.17, 15) is 4.79 Å². The zero-order valence-electron chi connectivity index (χ0n) is 9.56. The second-order valence-corrected chi connectivity index (χ2v) is 3.86. The van der Waals surface area contributed by atoms with Crippen LogP contribution in [0.25, 0.3) is 10.9 Å². The first-order valence-corrected chi connectivity index (χ1v) is 5.32. The van der Waals surface area contributed by atoms with Crippen molar-refractivity contribution >= 4 is 16.9 Å². The number of para-hydroxylation sites is 1. The lowest BCUT2D eigenvalue weighted by atomic mass is 10.1. The van der Waals surface area contributed by atoms with E-state index >= 15 is 0 Å². The molecule has 3 nitrogen and oxygen atoms in total. The van der Waals surface area contributed by atoms with Gasteiger partial charge in [0.2, 0.25) is 0 Å². The van der Waals surface area contributed by atoms with E-state index in [0.29, 0.717) is 6.42 Å². The molecular weight excluding hydrogens is 202 g/mol. The van der Waals surface area contributed by atoms with Gasteiger partial charge in [0.25, 0.3) is 0 Å². The summed E-state index contributed by atoms with van der Waals surface area (Å²) in [5.74, 6) is -0.159. The fourth-order valence-electron chi connectivity index (χ4n) is 1.96. The van der Waals surface area contributed by atoms with Crippen molar-refractivity contribution in [1.29, 1.82) is 0 Å². The summed E-state index contributed by atoms with van der Waals surface area (Å²) in [4.78, 5) is 11.1. The average Bonchev–Trinajstić information content (AvgIpc) is 2.64. The molecule has 84 valence electrons. The predicted octanol–water partition coefficient (Wildman–Crippen LogP) is 2.28. The molecule has 0 bridgehead atoms. The zero-order chi connectivity index (χ0) is 11.5. The second-order valence-electron chi connectivity index (χ2n) is 3.86. The molecule has 16 heavy (non-hydrogen) atoms. The van der Waals surface area contributed by atoms with Crippen LogP contribution in [0.15, 0.2) is 30.5 Å². The van der Waals surface area contributed by atoms with Crippen LogP contribution in [-0.4, -0.2) is 17.6 Å². The SMILES string of the molecule is COC(=O)CCc1cn(C)c2ccccc12. The fraction of sp³-hybridized carbons (Fsp3) is 0.308. The molecule has 3 heteroatoms. The van der Waals surface area contributed by atoms with Crippen molar-refractivity contribution in [1.82, 2.24) is 4.57 Å². The van der Waals surface area contributed by atoms with Crippen LogP contribution in [0.2, 0.25) is 0 Å². The minimum Gasteiger partial charge on any atom is -0.469 e. The third-order valence-electron chi connectivity index (χ3n) is 2.81. The number of methoxy groups -OCH3 is 1. The van der Waals surface area contributed by atoms with Crippen LogP contribution in [0.3, 0.4) is 0 Å². The summed E-state index contributed by atoms with van der Waals surface area (Å²) in [6.45, 7) is 0. The van der Waals surface area contributed by atoms with Gasteiger partial charge in [-0.05, 0) is 18.1 Å². The molecule has 0 saturated carbocycles. The molecule has 0 aliphatic heterocycles. The number of carbonyl (C=O) groups is 1. The number of ether oxygens (including phenoxy) is 1. The van der Waals surface area contributed by atoms with Gasteiger partial charge in [-0.3, -0.25) is 4.79 Å². The van der Waals surface area contributed by atoms with Crippen molar-refractivity contribution in [3.8, 4) is 0 Å². The third kappa shape index (κ3) is 1.94. The molecule has 0 atom stereocenters. The summed E-state index contributed by atoms with van der Waals surface area (Å²) in [6, 6.07) is 8.20. The molecule has 0 aliphatic rings. The molecule has 2 rings (SSSR count). The maximum atomic E-state index is 11.1. The first-order chi connectivity index (χ1) is 7.72. The van der Waals surface area contributed by atoms with E-state index in [2.05, 4.69) is 27.6 Å². The van der Waals surface area contributed by atoms with Gasteiger partial charge in [-0.15, -0.1) is 0 Å². The Kier molecular flexibility index (Phi) is 2.95. The van der Waals surface area contributed by atoms with Crippen molar-refractivity contribution < 1.29 is 9.53 Å². The predicted molar refractivity (Wildman–Crippen MR) is 63.3 cm³/mol. The van der Waals surface area contributed by atoms with Crippen LogP contribution in [0.1, 0.15) is 12.0 Å². The Morgan fingerprint density at radius 2 is 2.12 bits per heavy atom. The van der Waals surface area contributed by atoms with Gasteiger partial charge in [0.15, 0.2) is 0 Å². The largest absolute Gasteiger partial charge is 0.469 e. The van der Waals surface area contributed by atoms with Crippen molar-refractivity contribution in [2.75, 3.05) is 7.11 Å². The lowest BCUT2D eigenvalue weighted by Crippen LogP contribution is -2.01. The van der Waals surface area contributed by atoms with Gasteiger partial charge in [-0.1, -0.05) is 18.2 Å². The average molecular weight is 217 g/mol. The minimum absolute atomic E-state index is 0.159. The molecule has 0 spiro atoms. The first kappa shape index (κ1) is 10.7. The molecule has 0 amide bonds. The van der Waals surface area contributed by atoms with Gasteiger partial charge in [0.05, 0.1) is 7.11 Å². The number of carbonyl (C=O) groups excluding carboxylic acids is 1. The van der Waals surface area contributed by atoms with Crippen LogP contribution in [-0.2, 0) is 23.0 Å². The molecule has 0 N–H and O–H groups in total. The van der Waals surface area contributed by atoms with E-state index in [1.54, 1.807) is 0 Å². The highest BCUT2D eigenvalue weighted by atomic mass is 16.5. The van der Waals surface area contributed by atoms with Crippen molar-refractivity contribution in [2.45, 2.75) is 12.8 Å². The Balaban J connectivity index is 2.27. The van der Waals surface area contributed by atoms with Gasteiger partial charge >= 0.3 is 5.97 Å². The molecule has 1 heterocycles. The number of aryl methyl sites for hydroxylation is 2. The maximum Gasteiger partial charge on any atom is 0.305 e. The monoisotopic (exact) mass is 217 g/mol. The lowest BCUT2D eigenvalue weighted by Gasteiger charge is -1.98. The zero-order valence-corrected chi connectivity index (χ0v) is 9.56.